The maximum absolute atomic E-state index is 11.5. The summed E-state index contributed by atoms with van der Waals surface area (Å²) in [5.74, 6) is -0.879. The van der Waals surface area contributed by atoms with E-state index in [9.17, 15) is 9.59 Å². The van der Waals surface area contributed by atoms with Crippen LogP contribution in [0.4, 0.5) is 0 Å². The maximum atomic E-state index is 11.5. The molecule has 0 fully saturated rings. The van der Waals surface area contributed by atoms with E-state index in [1.807, 2.05) is 6.08 Å². The van der Waals surface area contributed by atoms with Crippen LogP contribution in [-0.2, 0) is 9.59 Å². The zero-order valence-electron chi connectivity index (χ0n) is 13.0. The van der Waals surface area contributed by atoms with Crippen LogP contribution in [0.1, 0.15) is 64.2 Å². The second-order valence-corrected chi connectivity index (χ2v) is 5.39. The monoisotopic (exact) mass is 298 g/mol. The Kier molecular flexibility index (Phi) is 12.7. The number of carbonyl (C=O) groups is 2. The largest absolute Gasteiger partial charge is 0.480 e. The van der Waals surface area contributed by atoms with Gasteiger partial charge in [0.05, 0.1) is 0 Å². The smallest absolute Gasteiger partial charge is 0.320 e. The van der Waals surface area contributed by atoms with E-state index >= 15 is 0 Å². The molecule has 5 nitrogen and oxygen atoms in total. The Bertz CT molecular complexity index is 306. The Hall–Kier alpha value is -1.36. The molecule has 1 amide bonds. The summed E-state index contributed by atoms with van der Waals surface area (Å²) in [5.41, 5.74) is 5.39. The van der Waals surface area contributed by atoms with Gasteiger partial charge in [-0.25, -0.2) is 0 Å². The molecule has 0 aromatic rings. The van der Waals surface area contributed by atoms with Gasteiger partial charge in [-0.05, 0) is 38.5 Å². The van der Waals surface area contributed by atoms with E-state index in [4.69, 9.17) is 10.8 Å². The van der Waals surface area contributed by atoms with Crippen LogP contribution in [0.2, 0.25) is 0 Å². The summed E-state index contributed by atoms with van der Waals surface area (Å²) in [7, 11) is 0. The molecule has 0 aliphatic rings. The topological polar surface area (TPSA) is 92.4 Å². The second kappa shape index (κ2) is 13.6. The molecule has 0 heterocycles. The van der Waals surface area contributed by atoms with Crippen molar-refractivity contribution >= 4 is 11.9 Å². The lowest BCUT2D eigenvalue weighted by molar-refractivity contribution is -0.138. The van der Waals surface area contributed by atoms with Gasteiger partial charge in [0, 0.05) is 13.0 Å². The van der Waals surface area contributed by atoms with Gasteiger partial charge in [-0.1, -0.05) is 25.3 Å². The van der Waals surface area contributed by atoms with Crippen molar-refractivity contribution in [1.29, 1.82) is 0 Å². The van der Waals surface area contributed by atoms with Crippen LogP contribution in [0.3, 0.4) is 0 Å². The number of nitrogens with two attached hydrogens (primary N) is 1. The highest BCUT2D eigenvalue weighted by atomic mass is 16.4. The number of aliphatic carboxylic acids is 1. The van der Waals surface area contributed by atoms with E-state index in [0.29, 0.717) is 19.4 Å². The van der Waals surface area contributed by atoms with E-state index in [0.717, 1.165) is 32.1 Å². The molecule has 122 valence electrons. The molecule has 0 aliphatic heterocycles. The maximum Gasteiger partial charge on any atom is 0.320 e. The molecular weight excluding hydrogens is 268 g/mol. The highest BCUT2D eigenvalue weighted by Gasteiger charge is 2.10. The predicted molar refractivity (Wildman–Crippen MR) is 85.0 cm³/mol. The van der Waals surface area contributed by atoms with Crippen molar-refractivity contribution in [2.24, 2.45) is 5.73 Å². The summed E-state index contributed by atoms with van der Waals surface area (Å²) >= 11 is 0. The minimum atomic E-state index is -0.966. The average Bonchev–Trinajstić information content (AvgIpc) is 2.45. The fraction of sp³-hybridized carbons (Fsp3) is 0.750. The molecule has 0 saturated heterocycles. The van der Waals surface area contributed by atoms with Crippen LogP contribution in [0.15, 0.2) is 12.7 Å². The third-order valence-corrected chi connectivity index (χ3v) is 3.39. The van der Waals surface area contributed by atoms with Gasteiger partial charge in [0.15, 0.2) is 0 Å². The number of amides is 1. The Morgan fingerprint density at radius 2 is 1.76 bits per heavy atom. The van der Waals surface area contributed by atoms with Gasteiger partial charge >= 0.3 is 5.97 Å². The summed E-state index contributed by atoms with van der Waals surface area (Å²) in [6, 6.07) is -0.790. The van der Waals surface area contributed by atoms with Gasteiger partial charge in [0.25, 0.3) is 0 Å². The Morgan fingerprint density at radius 3 is 2.43 bits per heavy atom. The second-order valence-electron chi connectivity index (χ2n) is 5.39. The summed E-state index contributed by atoms with van der Waals surface area (Å²) < 4.78 is 0. The van der Waals surface area contributed by atoms with Gasteiger partial charge in [-0.2, -0.15) is 0 Å². The minimum absolute atomic E-state index is 0.0867. The zero-order valence-corrected chi connectivity index (χ0v) is 13.0. The van der Waals surface area contributed by atoms with Gasteiger partial charge in [-0.15, -0.1) is 6.58 Å². The third-order valence-electron chi connectivity index (χ3n) is 3.39. The molecule has 0 unspecified atom stereocenters. The number of carbonyl (C=O) groups excluding carboxylic acids is 1. The molecule has 0 aromatic heterocycles. The molecule has 0 rings (SSSR count). The van der Waals surface area contributed by atoms with Crippen LogP contribution < -0.4 is 11.1 Å². The van der Waals surface area contributed by atoms with Crippen LogP contribution in [-0.4, -0.2) is 29.6 Å². The summed E-state index contributed by atoms with van der Waals surface area (Å²) in [5, 5.41) is 11.5. The molecule has 0 bridgehead atoms. The van der Waals surface area contributed by atoms with Crippen LogP contribution in [0.5, 0.6) is 0 Å². The molecule has 0 radical (unpaired) electrons. The number of rotatable bonds is 14. The summed E-state index contributed by atoms with van der Waals surface area (Å²) in [6.45, 7) is 4.29. The standard InChI is InChI=1S/C16H30N2O3/c1-2-3-4-5-6-7-8-12-15(19)18-13-10-9-11-14(17)16(20)21/h2,14H,1,3-13,17H2,(H,18,19)(H,20,21)/t14-/m0/s1. The SMILES string of the molecule is C=CCCCCCCCC(=O)NCCCC[C@H](N)C(=O)O. The lowest BCUT2D eigenvalue weighted by atomic mass is 10.1. The number of carboxylic acids is 1. The molecule has 4 N–H and O–H groups in total. The van der Waals surface area contributed by atoms with Crippen molar-refractivity contribution in [1.82, 2.24) is 5.32 Å². The van der Waals surface area contributed by atoms with Crippen molar-refractivity contribution in [2.45, 2.75) is 70.3 Å². The Labute approximate surface area is 128 Å². The number of hydrogen-bond acceptors (Lipinski definition) is 3. The predicted octanol–water partition coefficient (Wildman–Crippen LogP) is 2.60. The molecule has 0 aromatic carbocycles. The normalized spacial score (nSPS) is 11.9. The van der Waals surface area contributed by atoms with Gasteiger partial charge in [0.1, 0.15) is 6.04 Å². The first-order valence-corrected chi connectivity index (χ1v) is 7.94. The fourth-order valence-electron chi connectivity index (χ4n) is 2.03. The molecule has 0 spiro atoms. The van der Waals surface area contributed by atoms with Crippen molar-refractivity contribution in [3.05, 3.63) is 12.7 Å². The molecular formula is C16H30N2O3. The first kappa shape index (κ1) is 19.6. The van der Waals surface area contributed by atoms with E-state index in [1.165, 1.54) is 19.3 Å². The first-order valence-electron chi connectivity index (χ1n) is 7.94. The first-order chi connectivity index (χ1) is 10.1. The quantitative estimate of drug-likeness (QED) is 0.339. The molecule has 0 saturated carbocycles. The lowest BCUT2D eigenvalue weighted by Crippen LogP contribution is -2.30. The van der Waals surface area contributed by atoms with E-state index in [-0.39, 0.29) is 5.91 Å². The summed E-state index contributed by atoms with van der Waals surface area (Å²) in [4.78, 5) is 22.0. The van der Waals surface area contributed by atoms with E-state index in [1.54, 1.807) is 0 Å². The molecule has 5 heteroatoms. The van der Waals surface area contributed by atoms with Crippen molar-refractivity contribution in [2.75, 3.05) is 6.54 Å². The van der Waals surface area contributed by atoms with Crippen molar-refractivity contribution in [3.63, 3.8) is 0 Å². The lowest BCUT2D eigenvalue weighted by Gasteiger charge is -2.07. The van der Waals surface area contributed by atoms with Crippen molar-refractivity contribution < 1.29 is 14.7 Å². The number of hydrogen-bond donors (Lipinski definition) is 3. The fourth-order valence-corrected chi connectivity index (χ4v) is 2.03. The average molecular weight is 298 g/mol. The van der Waals surface area contributed by atoms with Gasteiger partial charge in [0.2, 0.25) is 5.91 Å². The highest BCUT2D eigenvalue weighted by Crippen LogP contribution is 2.07. The Balaban J connectivity index is 3.31. The van der Waals surface area contributed by atoms with Crippen molar-refractivity contribution in [3.8, 4) is 0 Å². The van der Waals surface area contributed by atoms with Crippen LogP contribution in [0.25, 0.3) is 0 Å². The van der Waals surface area contributed by atoms with Crippen LogP contribution >= 0.6 is 0 Å². The number of carboxylic acid groups (broad SMARTS) is 1. The molecule has 21 heavy (non-hydrogen) atoms. The van der Waals surface area contributed by atoms with Gasteiger partial charge in [-0.3, -0.25) is 9.59 Å². The number of allylic oxidation sites excluding steroid dienone is 1. The molecule has 0 aliphatic carbocycles. The minimum Gasteiger partial charge on any atom is -0.480 e. The summed E-state index contributed by atoms with van der Waals surface area (Å²) in [6.07, 6.45) is 11.1. The number of unbranched alkanes of at least 4 members (excludes halogenated alkanes) is 6. The Morgan fingerprint density at radius 1 is 1.10 bits per heavy atom. The third kappa shape index (κ3) is 13.4. The number of nitrogens with one attached hydrogen (secondary N) is 1. The highest BCUT2D eigenvalue weighted by molar-refractivity contribution is 5.75. The zero-order chi connectivity index (χ0) is 15.9. The van der Waals surface area contributed by atoms with E-state index in [2.05, 4.69) is 11.9 Å². The van der Waals surface area contributed by atoms with Gasteiger partial charge < -0.3 is 16.2 Å². The van der Waals surface area contributed by atoms with E-state index < -0.39 is 12.0 Å². The molecule has 1 atom stereocenters. The van der Waals surface area contributed by atoms with Crippen LogP contribution in [0, 0.1) is 0 Å².